The van der Waals surface area contributed by atoms with E-state index in [4.69, 9.17) is 17.4 Å². The van der Waals surface area contributed by atoms with Crippen LogP contribution in [0.3, 0.4) is 0 Å². The number of rotatable bonds is 5. The summed E-state index contributed by atoms with van der Waals surface area (Å²) in [7, 11) is 1.89. The molecule has 2 rings (SSSR count). The topological polar surface area (TPSA) is 81.7 Å². The number of hydrogen-bond donors (Lipinski definition) is 2. The molecule has 0 amide bonds. The molecule has 1 unspecified atom stereocenters. The van der Waals surface area contributed by atoms with E-state index in [1.807, 2.05) is 25.6 Å². The Hall–Kier alpha value is -1.02. The van der Waals surface area contributed by atoms with Gasteiger partial charge in [-0.3, -0.25) is 16.0 Å². The van der Waals surface area contributed by atoms with E-state index in [0.29, 0.717) is 6.42 Å². The molecule has 104 valence electrons. The first kappa shape index (κ1) is 14.4. The number of nitrogens with one attached hydrogen (secondary N) is 1. The molecule has 1 atom stereocenters. The van der Waals surface area contributed by atoms with Crippen LogP contribution in [-0.2, 0) is 19.9 Å². The van der Waals surface area contributed by atoms with Crippen molar-refractivity contribution in [3.05, 3.63) is 27.0 Å². The zero-order valence-electron chi connectivity index (χ0n) is 11.1. The monoisotopic (exact) mass is 300 g/mol. The van der Waals surface area contributed by atoms with Gasteiger partial charge in [0.05, 0.1) is 33.0 Å². The maximum absolute atomic E-state index is 6.35. The zero-order chi connectivity index (χ0) is 14.0. The molecule has 19 heavy (non-hydrogen) atoms. The van der Waals surface area contributed by atoms with Crippen LogP contribution in [0.1, 0.15) is 34.9 Å². The molecule has 2 aromatic heterocycles. The summed E-state index contributed by atoms with van der Waals surface area (Å²) in [5, 5.41) is 9.14. The Morgan fingerprint density at radius 2 is 2.26 bits per heavy atom. The van der Waals surface area contributed by atoms with Crippen molar-refractivity contribution in [3.63, 3.8) is 0 Å². The fraction of sp³-hybridized carbons (Fsp3) is 0.545. The molecular weight excluding hydrogens is 284 g/mol. The second-order valence-electron chi connectivity index (χ2n) is 4.33. The predicted octanol–water partition coefficient (Wildman–Crippen LogP) is 1.54. The molecule has 0 aliphatic carbocycles. The van der Waals surface area contributed by atoms with Crippen LogP contribution in [0.15, 0.2) is 0 Å². The van der Waals surface area contributed by atoms with Gasteiger partial charge in [0.15, 0.2) is 0 Å². The average molecular weight is 301 g/mol. The minimum atomic E-state index is -0.0578. The van der Waals surface area contributed by atoms with Gasteiger partial charge in [0.2, 0.25) is 0 Å². The first-order valence-electron chi connectivity index (χ1n) is 6.03. The van der Waals surface area contributed by atoms with Gasteiger partial charge in [-0.1, -0.05) is 23.0 Å². The summed E-state index contributed by atoms with van der Waals surface area (Å²) in [5.41, 5.74) is 5.57. The maximum Gasteiger partial charge on any atom is 0.0850 e. The molecule has 0 aliphatic rings. The molecule has 0 radical (unpaired) electrons. The maximum atomic E-state index is 6.35. The van der Waals surface area contributed by atoms with Gasteiger partial charge in [0.1, 0.15) is 0 Å². The summed E-state index contributed by atoms with van der Waals surface area (Å²) in [6, 6.07) is -0.0578. The van der Waals surface area contributed by atoms with Gasteiger partial charge in [0, 0.05) is 13.5 Å². The molecule has 0 fully saturated rings. The first-order valence-corrected chi connectivity index (χ1v) is 7.18. The molecule has 2 heterocycles. The lowest BCUT2D eigenvalue weighted by atomic mass is 10.1. The van der Waals surface area contributed by atoms with Crippen molar-refractivity contribution in [1.29, 1.82) is 0 Å². The van der Waals surface area contributed by atoms with E-state index in [0.717, 1.165) is 33.4 Å². The first-order chi connectivity index (χ1) is 9.08. The summed E-state index contributed by atoms with van der Waals surface area (Å²) in [5.74, 6) is 5.65. The van der Waals surface area contributed by atoms with E-state index in [2.05, 4.69) is 20.1 Å². The minimum absolute atomic E-state index is 0.0578. The predicted molar refractivity (Wildman–Crippen MR) is 76.0 cm³/mol. The molecule has 0 aliphatic heterocycles. The van der Waals surface area contributed by atoms with Gasteiger partial charge >= 0.3 is 0 Å². The van der Waals surface area contributed by atoms with Crippen LogP contribution < -0.4 is 11.3 Å². The van der Waals surface area contributed by atoms with E-state index < -0.39 is 0 Å². The van der Waals surface area contributed by atoms with Crippen molar-refractivity contribution in [2.75, 3.05) is 0 Å². The fourth-order valence-electron chi connectivity index (χ4n) is 2.02. The normalized spacial score (nSPS) is 12.9. The summed E-state index contributed by atoms with van der Waals surface area (Å²) >= 11 is 7.70. The molecule has 0 aromatic carbocycles. The Labute approximate surface area is 121 Å². The molecule has 0 saturated heterocycles. The van der Waals surface area contributed by atoms with Crippen molar-refractivity contribution in [2.45, 2.75) is 32.7 Å². The number of nitrogens with two attached hydrogens (primary N) is 1. The molecule has 3 N–H and O–H groups in total. The van der Waals surface area contributed by atoms with Crippen LogP contribution in [0.4, 0.5) is 0 Å². The molecule has 2 aromatic rings. The average Bonchev–Trinajstić information content (AvgIpc) is 2.93. The highest BCUT2D eigenvalue weighted by atomic mass is 35.5. The highest BCUT2D eigenvalue weighted by Crippen LogP contribution is 2.28. The van der Waals surface area contributed by atoms with Crippen molar-refractivity contribution >= 4 is 23.1 Å². The third-order valence-corrected chi connectivity index (χ3v) is 4.48. The van der Waals surface area contributed by atoms with E-state index in [1.54, 1.807) is 0 Å². The van der Waals surface area contributed by atoms with E-state index >= 15 is 0 Å². The number of hydrogen-bond acceptors (Lipinski definition) is 6. The Balaban J connectivity index is 2.29. The van der Waals surface area contributed by atoms with Gasteiger partial charge in [-0.2, -0.15) is 5.10 Å². The third-order valence-electron chi connectivity index (χ3n) is 3.10. The largest absolute Gasteiger partial charge is 0.271 e. The molecule has 0 spiro atoms. The zero-order valence-corrected chi connectivity index (χ0v) is 12.7. The molecule has 6 nitrogen and oxygen atoms in total. The lowest BCUT2D eigenvalue weighted by Crippen LogP contribution is -2.30. The fourth-order valence-corrected chi connectivity index (χ4v) is 3.09. The Morgan fingerprint density at radius 3 is 2.74 bits per heavy atom. The number of halogens is 1. The minimum Gasteiger partial charge on any atom is -0.271 e. The quantitative estimate of drug-likeness (QED) is 0.646. The van der Waals surface area contributed by atoms with Gasteiger partial charge in [-0.05, 0) is 24.9 Å². The number of aryl methyl sites for hydroxylation is 3. The highest BCUT2D eigenvalue weighted by Gasteiger charge is 2.21. The lowest BCUT2D eigenvalue weighted by Gasteiger charge is -2.14. The Bertz CT molecular complexity index is 564. The van der Waals surface area contributed by atoms with Crippen molar-refractivity contribution < 1.29 is 0 Å². The molecule has 8 heteroatoms. The third kappa shape index (κ3) is 2.79. The van der Waals surface area contributed by atoms with Crippen molar-refractivity contribution in [3.8, 4) is 0 Å². The van der Waals surface area contributed by atoms with Crippen LogP contribution in [0.25, 0.3) is 0 Å². The van der Waals surface area contributed by atoms with E-state index in [-0.39, 0.29) is 6.04 Å². The lowest BCUT2D eigenvalue weighted by molar-refractivity contribution is 0.534. The second-order valence-corrected chi connectivity index (χ2v) is 5.49. The van der Waals surface area contributed by atoms with Gasteiger partial charge in [-0.25, -0.2) is 0 Å². The van der Waals surface area contributed by atoms with Crippen LogP contribution in [0.2, 0.25) is 5.02 Å². The summed E-state index contributed by atoms with van der Waals surface area (Å²) < 4.78 is 5.75. The highest BCUT2D eigenvalue weighted by molar-refractivity contribution is 7.05. The molecule has 0 saturated carbocycles. The van der Waals surface area contributed by atoms with Crippen molar-refractivity contribution in [2.24, 2.45) is 12.9 Å². The van der Waals surface area contributed by atoms with Crippen molar-refractivity contribution in [1.82, 2.24) is 24.8 Å². The second kappa shape index (κ2) is 5.96. The van der Waals surface area contributed by atoms with Gasteiger partial charge in [-0.15, -0.1) is 5.10 Å². The summed E-state index contributed by atoms with van der Waals surface area (Å²) in [6.07, 6.45) is 1.47. The number of nitrogens with zero attached hydrogens (tertiary/aromatic N) is 4. The molecule has 0 bridgehead atoms. The standard InChI is InChI=1S/C11H17ClN6S/c1-4-7-10(12)9(18(3)16-7)5-8(14-13)11-6(2)15-17-19-11/h8,14H,4-5,13H2,1-3H3. The SMILES string of the molecule is CCc1nn(C)c(CC(NN)c2snnc2C)c1Cl. The summed E-state index contributed by atoms with van der Waals surface area (Å²) in [6.45, 7) is 3.96. The Morgan fingerprint density at radius 1 is 1.53 bits per heavy atom. The van der Waals surface area contributed by atoms with Gasteiger partial charge in [0.25, 0.3) is 0 Å². The van der Waals surface area contributed by atoms with E-state index in [1.165, 1.54) is 11.5 Å². The number of hydrazine groups is 1. The number of aromatic nitrogens is 4. The van der Waals surface area contributed by atoms with Crippen LogP contribution in [-0.4, -0.2) is 19.4 Å². The smallest absolute Gasteiger partial charge is 0.0850 e. The van der Waals surface area contributed by atoms with Crippen LogP contribution in [0, 0.1) is 6.92 Å². The van der Waals surface area contributed by atoms with E-state index in [9.17, 15) is 0 Å². The van der Waals surface area contributed by atoms with Crippen LogP contribution in [0.5, 0.6) is 0 Å². The van der Waals surface area contributed by atoms with Gasteiger partial charge < -0.3 is 0 Å². The van der Waals surface area contributed by atoms with Crippen LogP contribution >= 0.6 is 23.1 Å². The molecular formula is C11H17ClN6S. The Kier molecular flexibility index (Phi) is 4.51. The summed E-state index contributed by atoms with van der Waals surface area (Å²) in [4.78, 5) is 1.03.